The summed E-state index contributed by atoms with van der Waals surface area (Å²) in [6.07, 6.45) is 3.08. The summed E-state index contributed by atoms with van der Waals surface area (Å²) >= 11 is 3.71. The summed E-state index contributed by atoms with van der Waals surface area (Å²) in [5, 5.41) is 0. The average Bonchev–Trinajstić information content (AvgIpc) is 2.29. The van der Waals surface area contributed by atoms with Crippen molar-refractivity contribution < 1.29 is 4.74 Å². The second kappa shape index (κ2) is 6.50. The summed E-state index contributed by atoms with van der Waals surface area (Å²) in [6, 6.07) is 0. The van der Waals surface area contributed by atoms with Gasteiger partial charge in [0.05, 0.1) is 12.7 Å². The van der Waals surface area contributed by atoms with Gasteiger partial charge in [0, 0.05) is 24.5 Å². The van der Waals surface area contributed by atoms with Crippen molar-refractivity contribution in [2.75, 3.05) is 46.4 Å². The van der Waals surface area contributed by atoms with E-state index >= 15 is 0 Å². The Labute approximate surface area is 114 Å². The molecule has 2 heterocycles. The highest BCUT2D eigenvalue weighted by atomic mass is 79.9. The molecule has 0 aromatic heterocycles. The van der Waals surface area contributed by atoms with Gasteiger partial charge in [-0.3, -0.25) is 0 Å². The molecule has 2 aliphatic heterocycles. The summed E-state index contributed by atoms with van der Waals surface area (Å²) < 4.78 is 5.83. The van der Waals surface area contributed by atoms with Gasteiger partial charge < -0.3 is 14.5 Å². The maximum atomic E-state index is 5.83. The number of hydrogen-bond donors (Lipinski definition) is 0. The Balaban J connectivity index is 1.70. The first-order valence-corrected chi connectivity index (χ1v) is 7.73. The molecule has 0 spiro atoms. The third kappa shape index (κ3) is 4.19. The van der Waals surface area contributed by atoms with Gasteiger partial charge in [0.15, 0.2) is 0 Å². The minimum atomic E-state index is 0.423. The van der Waals surface area contributed by atoms with E-state index in [4.69, 9.17) is 4.74 Å². The van der Waals surface area contributed by atoms with Crippen molar-refractivity contribution in [1.29, 1.82) is 0 Å². The number of piperidine rings is 1. The van der Waals surface area contributed by atoms with Crippen LogP contribution in [0, 0.1) is 5.92 Å². The zero-order valence-electron chi connectivity index (χ0n) is 11.1. The summed E-state index contributed by atoms with van der Waals surface area (Å²) in [6.45, 7) is 8.95. The molecule has 0 bridgehead atoms. The fraction of sp³-hybridized carbons (Fsp3) is 1.00. The van der Waals surface area contributed by atoms with E-state index < -0.39 is 0 Å². The Morgan fingerprint density at radius 2 is 2.00 bits per heavy atom. The maximum absolute atomic E-state index is 5.83. The molecule has 0 amide bonds. The number of ether oxygens (including phenoxy) is 1. The molecule has 0 aromatic carbocycles. The van der Waals surface area contributed by atoms with Crippen molar-refractivity contribution in [1.82, 2.24) is 9.80 Å². The Bertz CT molecular complexity index is 229. The van der Waals surface area contributed by atoms with E-state index in [1.165, 1.54) is 25.9 Å². The molecule has 2 atom stereocenters. The number of nitrogens with zero attached hydrogens (tertiary/aromatic N) is 2. The van der Waals surface area contributed by atoms with Crippen molar-refractivity contribution in [3.63, 3.8) is 0 Å². The van der Waals surface area contributed by atoms with Crippen LogP contribution in [0.3, 0.4) is 0 Å². The fourth-order valence-corrected chi connectivity index (χ4v) is 3.39. The Morgan fingerprint density at radius 3 is 2.59 bits per heavy atom. The monoisotopic (exact) mass is 304 g/mol. The molecule has 4 heteroatoms. The Kier molecular flexibility index (Phi) is 5.27. The molecule has 3 nitrogen and oxygen atoms in total. The van der Waals surface area contributed by atoms with Crippen molar-refractivity contribution in [2.45, 2.75) is 30.7 Å². The predicted molar refractivity (Wildman–Crippen MR) is 74.8 cm³/mol. The lowest BCUT2D eigenvalue weighted by Gasteiger charge is -2.37. The predicted octanol–water partition coefficient (Wildman–Crippen LogP) is 1.81. The van der Waals surface area contributed by atoms with Gasteiger partial charge >= 0.3 is 0 Å². The van der Waals surface area contributed by atoms with Crippen molar-refractivity contribution in [3.8, 4) is 0 Å². The number of alkyl halides is 1. The summed E-state index contributed by atoms with van der Waals surface area (Å²) in [5.41, 5.74) is 0. The molecule has 0 N–H and O–H groups in total. The van der Waals surface area contributed by atoms with Crippen molar-refractivity contribution in [2.24, 2.45) is 5.92 Å². The lowest BCUT2D eigenvalue weighted by molar-refractivity contribution is -0.0392. The molecule has 0 aliphatic carbocycles. The van der Waals surface area contributed by atoms with Gasteiger partial charge in [-0.25, -0.2) is 0 Å². The van der Waals surface area contributed by atoms with Crippen molar-refractivity contribution in [3.05, 3.63) is 0 Å². The van der Waals surface area contributed by atoms with E-state index in [0.29, 0.717) is 10.9 Å². The number of likely N-dealkylation sites (tertiary alicyclic amines) is 1. The number of likely N-dealkylation sites (N-methyl/N-ethyl adjacent to an activating group) is 1. The maximum Gasteiger partial charge on any atom is 0.0829 e. The molecule has 17 heavy (non-hydrogen) atoms. The van der Waals surface area contributed by atoms with E-state index in [1.807, 2.05) is 0 Å². The molecule has 2 saturated heterocycles. The average molecular weight is 305 g/mol. The van der Waals surface area contributed by atoms with Gasteiger partial charge in [-0.05, 0) is 38.9 Å². The first-order valence-electron chi connectivity index (χ1n) is 6.81. The Hall–Kier alpha value is 0.360. The van der Waals surface area contributed by atoms with E-state index in [2.05, 4.69) is 39.7 Å². The van der Waals surface area contributed by atoms with Gasteiger partial charge in [-0.1, -0.05) is 22.9 Å². The Morgan fingerprint density at radius 1 is 1.29 bits per heavy atom. The van der Waals surface area contributed by atoms with Crippen LogP contribution in [0.25, 0.3) is 0 Å². The minimum Gasteiger partial charge on any atom is -0.374 e. The third-order valence-electron chi connectivity index (χ3n) is 4.09. The van der Waals surface area contributed by atoms with Gasteiger partial charge in [0.25, 0.3) is 0 Å². The molecule has 2 unspecified atom stereocenters. The quantitative estimate of drug-likeness (QED) is 0.740. The zero-order chi connectivity index (χ0) is 12.3. The van der Waals surface area contributed by atoms with Gasteiger partial charge in [0.2, 0.25) is 0 Å². The van der Waals surface area contributed by atoms with E-state index in [9.17, 15) is 0 Å². The SMILES string of the molecule is CC(Br)C1CCN(CC2CN(C)CCO2)CC1. The van der Waals surface area contributed by atoms with Crippen LogP contribution in [0.15, 0.2) is 0 Å². The molecule has 100 valence electrons. The smallest absolute Gasteiger partial charge is 0.0829 e. The normalized spacial score (nSPS) is 31.6. The van der Waals surface area contributed by atoms with E-state index in [-0.39, 0.29) is 0 Å². The summed E-state index contributed by atoms with van der Waals surface area (Å²) in [7, 11) is 2.19. The first kappa shape index (κ1) is 13.8. The van der Waals surface area contributed by atoms with Crippen LogP contribution in [0.2, 0.25) is 0 Å². The second-order valence-electron chi connectivity index (χ2n) is 5.57. The lowest BCUT2D eigenvalue weighted by Crippen LogP contribution is -2.48. The summed E-state index contributed by atoms with van der Waals surface area (Å²) in [4.78, 5) is 5.62. The van der Waals surface area contributed by atoms with Crippen molar-refractivity contribution >= 4 is 15.9 Å². The van der Waals surface area contributed by atoms with Crippen LogP contribution in [0.4, 0.5) is 0 Å². The van der Waals surface area contributed by atoms with Gasteiger partial charge in [0.1, 0.15) is 0 Å². The molecule has 2 rings (SSSR count). The van der Waals surface area contributed by atoms with Gasteiger partial charge in [-0.15, -0.1) is 0 Å². The molecule has 2 aliphatic rings. The minimum absolute atomic E-state index is 0.423. The topological polar surface area (TPSA) is 15.7 Å². The largest absolute Gasteiger partial charge is 0.374 e. The van der Waals surface area contributed by atoms with Crippen LogP contribution >= 0.6 is 15.9 Å². The molecule has 0 radical (unpaired) electrons. The third-order valence-corrected chi connectivity index (χ3v) is 4.83. The number of halogens is 1. The standard InChI is InChI=1S/C13H25BrN2O/c1-11(14)12-3-5-16(6-4-12)10-13-9-15(2)7-8-17-13/h11-13H,3-10H2,1-2H3. The van der Waals surface area contributed by atoms with Crippen LogP contribution in [0.1, 0.15) is 19.8 Å². The number of hydrogen-bond acceptors (Lipinski definition) is 3. The van der Waals surface area contributed by atoms with Crippen LogP contribution in [0.5, 0.6) is 0 Å². The molecular weight excluding hydrogens is 280 g/mol. The summed E-state index contributed by atoms with van der Waals surface area (Å²) in [5.74, 6) is 0.862. The van der Waals surface area contributed by atoms with Gasteiger partial charge in [-0.2, -0.15) is 0 Å². The molecule has 0 aromatic rings. The highest BCUT2D eigenvalue weighted by molar-refractivity contribution is 9.09. The second-order valence-corrected chi connectivity index (χ2v) is 7.01. The first-order chi connectivity index (χ1) is 8.15. The highest BCUT2D eigenvalue weighted by Crippen LogP contribution is 2.25. The molecular formula is C13H25BrN2O. The van der Waals surface area contributed by atoms with E-state index in [1.54, 1.807) is 0 Å². The number of morpholine rings is 1. The number of rotatable bonds is 3. The van der Waals surface area contributed by atoms with Crippen LogP contribution in [-0.2, 0) is 4.74 Å². The lowest BCUT2D eigenvalue weighted by atomic mass is 9.94. The molecule has 2 fully saturated rings. The fourth-order valence-electron chi connectivity index (χ4n) is 2.86. The van der Waals surface area contributed by atoms with E-state index in [0.717, 1.165) is 32.2 Å². The molecule has 0 saturated carbocycles. The zero-order valence-corrected chi connectivity index (χ0v) is 12.7. The van der Waals surface area contributed by atoms with Crippen LogP contribution in [-0.4, -0.2) is 67.1 Å². The van der Waals surface area contributed by atoms with Crippen LogP contribution < -0.4 is 0 Å². The highest BCUT2D eigenvalue weighted by Gasteiger charge is 2.25.